The molecule has 0 saturated heterocycles. The number of halogens is 1. The van der Waals surface area contributed by atoms with Gasteiger partial charge in [-0.15, -0.1) is 11.3 Å². The van der Waals surface area contributed by atoms with E-state index in [1.807, 2.05) is 5.38 Å². The summed E-state index contributed by atoms with van der Waals surface area (Å²) in [6.07, 6.45) is 0. The predicted molar refractivity (Wildman–Crippen MR) is 82.4 cm³/mol. The summed E-state index contributed by atoms with van der Waals surface area (Å²) in [6, 6.07) is 3.08. The molecule has 20 heavy (non-hydrogen) atoms. The van der Waals surface area contributed by atoms with Gasteiger partial charge in [0.1, 0.15) is 11.5 Å². The molecule has 0 unspecified atom stereocenters. The number of anilines is 2. The third kappa shape index (κ3) is 3.26. The number of hydrogen-bond donors (Lipinski definition) is 2. The molecule has 2 heterocycles. The molecule has 0 aliphatic heterocycles. The third-order valence-electron chi connectivity index (χ3n) is 2.58. The lowest BCUT2D eigenvalue weighted by molar-refractivity contribution is 0.102. The highest BCUT2D eigenvalue weighted by atomic mass is 35.5. The van der Waals surface area contributed by atoms with Gasteiger partial charge in [0.25, 0.3) is 5.91 Å². The predicted octanol–water partition coefficient (Wildman–Crippen LogP) is 3.32. The zero-order chi connectivity index (χ0) is 14.9. The fraction of sp³-hybridized carbons (Fsp3) is 0.308. The number of rotatable bonds is 2. The van der Waals surface area contributed by atoms with Crippen LogP contribution in [-0.4, -0.2) is 15.9 Å². The second-order valence-electron chi connectivity index (χ2n) is 5.31. The topological polar surface area (TPSA) is 80.9 Å². The number of nitrogens with zero attached hydrogens (tertiary/aromatic N) is 2. The minimum Gasteiger partial charge on any atom is -0.384 e. The van der Waals surface area contributed by atoms with E-state index in [1.165, 1.54) is 11.3 Å². The molecule has 1 amide bonds. The second kappa shape index (κ2) is 5.38. The van der Waals surface area contributed by atoms with Crippen LogP contribution in [0.1, 0.15) is 37.0 Å². The Bertz CT molecular complexity index is 648. The van der Waals surface area contributed by atoms with Crippen LogP contribution in [0.3, 0.4) is 0 Å². The molecule has 2 aromatic rings. The van der Waals surface area contributed by atoms with Gasteiger partial charge in [0.05, 0.1) is 10.7 Å². The fourth-order valence-electron chi connectivity index (χ4n) is 1.45. The minimum absolute atomic E-state index is 0.0629. The van der Waals surface area contributed by atoms with Crippen LogP contribution in [0.2, 0.25) is 5.02 Å². The molecule has 0 atom stereocenters. The number of carbonyl (C=O) groups is 1. The largest absolute Gasteiger partial charge is 0.384 e. The first-order valence-corrected chi connectivity index (χ1v) is 7.22. The molecule has 0 aliphatic rings. The van der Waals surface area contributed by atoms with Gasteiger partial charge in [-0.1, -0.05) is 32.4 Å². The molecule has 2 aromatic heterocycles. The van der Waals surface area contributed by atoms with E-state index in [1.54, 1.807) is 12.1 Å². The Balaban J connectivity index is 2.20. The summed E-state index contributed by atoms with van der Waals surface area (Å²) in [4.78, 5) is 20.4. The van der Waals surface area contributed by atoms with Crippen LogP contribution in [-0.2, 0) is 5.41 Å². The summed E-state index contributed by atoms with van der Waals surface area (Å²) in [7, 11) is 0. The molecule has 0 aliphatic carbocycles. The molecular formula is C13H15ClN4OS. The molecule has 3 N–H and O–H groups in total. The molecular weight excluding hydrogens is 296 g/mol. The van der Waals surface area contributed by atoms with Gasteiger partial charge in [-0.25, -0.2) is 9.97 Å². The van der Waals surface area contributed by atoms with Crippen LogP contribution in [0.15, 0.2) is 17.5 Å². The number of pyridine rings is 1. The van der Waals surface area contributed by atoms with E-state index in [2.05, 4.69) is 36.1 Å². The summed E-state index contributed by atoms with van der Waals surface area (Å²) >= 11 is 7.30. The molecule has 5 nitrogen and oxygen atoms in total. The van der Waals surface area contributed by atoms with Crippen LogP contribution in [0.25, 0.3) is 0 Å². The third-order valence-corrected chi connectivity index (χ3v) is 3.64. The van der Waals surface area contributed by atoms with Gasteiger partial charge in [0.15, 0.2) is 5.13 Å². The van der Waals surface area contributed by atoms with Crippen LogP contribution in [0.5, 0.6) is 0 Å². The number of hydrogen-bond acceptors (Lipinski definition) is 5. The van der Waals surface area contributed by atoms with Crippen molar-refractivity contribution in [1.29, 1.82) is 0 Å². The van der Waals surface area contributed by atoms with Crippen LogP contribution >= 0.6 is 22.9 Å². The summed E-state index contributed by atoms with van der Waals surface area (Å²) in [5.74, 6) is -0.175. The van der Waals surface area contributed by atoms with Crippen molar-refractivity contribution < 1.29 is 4.79 Å². The van der Waals surface area contributed by atoms with Gasteiger partial charge in [0.2, 0.25) is 0 Å². The molecule has 0 fully saturated rings. The van der Waals surface area contributed by atoms with Crippen molar-refractivity contribution in [3.05, 3.63) is 33.9 Å². The monoisotopic (exact) mass is 310 g/mol. The van der Waals surface area contributed by atoms with Crippen molar-refractivity contribution in [3.8, 4) is 0 Å². The van der Waals surface area contributed by atoms with Crippen LogP contribution in [0, 0.1) is 0 Å². The molecule has 0 radical (unpaired) electrons. The SMILES string of the molecule is CC(C)(C)c1csc(NC(=O)c2nc(N)ccc2Cl)n1. The molecule has 0 saturated carbocycles. The van der Waals surface area contributed by atoms with Gasteiger partial charge >= 0.3 is 0 Å². The highest BCUT2D eigenvalue weighted by Crippen LogP contribution is 2.27. The van der Waals surface area contributed by atoms with E-state index in [9.17, 15) is 4.79 Å². The molecule has 0 spiro atoms. The maximum atomic E-state index is 12.1. The van der Waals surface area contributed by atoms with Crippen LogP contribution < -0.4 is 11.1 Å². The number of nitrogen functional groups attached to an aromatic ring is 1. The van der Waals surface area contributed by atoms with E-state index in [0.717, 1.165) is 5.69 Å². The van der Waals surface area contributed by atoms with E-state index >= 15 is 0 Å². The minimum atomic E-state index is -0.419. The summed E-state index contributed by atoms with van der Waals surface area (Å²) in [6.45, 7) is 6.18. The number of nitrogens with one attached hydrogen (secondary N) is 1. The molecule has 7 heteroatoms. The summed E-state index contributed by atoms with van der Waals surface area (Å²) in [5.41, 5.74) is 6.51. The Morgan fingerprint density at radius 3 is 2.65 bits per heavy atom. The lowest BCUT2D eigenvalue weighted by Gasteiger charge is -2.14. The zero-order valence-electron chi connectivity index (χ0n) is 11.4. The number of carbonyl (C=O) groups excluding carboxylic acids is 1. The van der Waals surface area contributed by atoms with Crippen molar-refractivity contribution in [3.63, 3.8) is 0 Å². The van der Waals surface area contributed by atoms with Crippen molar-refractivity contribution in [2.75, 3.05) is 11.1 Å². The lowest BCUT2D eigenvalue weighted by Crippen LogP contribution is -2.16. The summed E-state index contributed by atoms with van der Waals surface area (Å²) < 4.78 is 0. The van der Waals surface area contributed by atoms with Gasteiger partial charge in [-0.05, 0) is 12.1 Å². The smallest absolute Gasteiger partial charge is 0.277 e. The molecule has 106 valence electrons. The van der Waals surface area contributed by atoms with Crippen molar-refractivity contribution in [2.45, 2.75) is 26.2 Å². The first kappa shape index (κ1) is 14.7. The average Bonchev–Trinajstić information content (AvgIpc) is 2.80. The van der Waals surface area contributed by atoms with Gasteiger partial charge < -0.3 is 5.73 Å². The van der Waals surface area contributed by atoms with Crippen molar-refractivity contribution in [1.82, 2.24) is 9.97 Å². The maximum absolute atomic E-state index is 12.1. The lowest BCUT2D eigenvalue weighted by atomic mass is 9.93. The maximum Gasteiger partial charge on any atom is 0.277 e. The number of thiazole rings is 1. The van der Waals surface area contributed by atoms with Crippen LogP contribution in [0.4, 0.5) is 10.9 Å². The average molecular weight is 311 g/mol. The Hall–Kier alpha value is -1.66. The number of nitrogens with two attached hydrogens (primary N) is 1. The van der Waals surface area contributed by atoms with Gasteiger partial charge in [-0.2, -0.15) is 0 Å². The van der Waals surface area contributed by atoms with E-state index in [4.69, 9.17) is 17.3 Å². The highest BCUT2D eigenvalue weighted by molar-refractivity contribution is 7.14. The standard InChI is InChI=1S/C13H15ClN4OS/c1-13(2,3)8-6-20-12(16-8)18-11(19)10-7(14)4-5-9(15)17-10/h4-6H,1-3H3,(H2,15,17)(H,16,18,19). The molecule has 2 rings (SSSR count). The molecule has 0 aromatic carbocycles. The van der Waals surface area contributed by atoms with E-state index < -0.39 is 5.91 Å². The normalized spacial score (nSPS) is 11.4. The second-order valence-corrected chi connectivity index (χ2v) is 6.57. The summed E-state index contributed by atoms with van der Waals surface area (Å²) in [5, 5.41) is 5.37. The van der Waals surface area contributed by atoms with Gasteiger partial charge in [-0.3, -0.25) is 10.1 Å². The molecule has 0 bridgehead atoms. The highest BCUT2D eigenvalue weighted by Gasteiger charge is 2.19. The van der Waals surface area contributed by atoms with Crippen molar-refractivity contribution >= 4 is 39.8 Å². The Morgan fingerprint density at radius 1 is 1.35 bits per heavy atom. The fourth-order valence-corrected chi connectivity index (χ4v) is 2.57. The van der Waals surface area contributed by atoms with E-state index in [0.29, 0.717) is 5.13 Å². The van der Waals surface area contributed by atoms with Crippen molar-refractivity contribution in [2.24, 2.45) is 0 Å². The van der Waals surface area contributed by atoms with Gasteiger partial charge in [0, 0.05) is 10.8 Å². The first-order valence-electron chi connectivity index (χ1n) is 5.97. The first-order chi connectivity index (χ1) is 9.27. The quantitative estimate of drug-likeness (QED) is 0.891. The zero-order valence-corrected chi connectivity index (χ0v) is 13.0. The van der Waals surface area contributed by atoms with E-state index in [-0.39, 0.29) is 21.9 Å². The Labute approximate surface area is 126 Å². The number of aromatic nitrogens is 2. The Morgan fingerprint density at radius 2 is 2.05 bits per heavy atom. The Kier molecular flexibility index (Phi) is 3.96. The number of amides is 1.